The average Bonchev–Trinajstić information content (AvgIpc) is 2.05. The summed E-state index contributed by atoms with van der Waals surface area (Å²) in [7, 11) is 0. The van der Waals surface area contributed by atoms with Gasteiger partial charge < -0.3 is 0 Å². The van der Waals surface area contributed by atoms with E-state index in [1.165, 1.54) is 5.56 Å². The maximum Gasteiger partial charge on any atom is 0 e. The summed E-state index contributed by atoms with van der Waals surface area (Å²) in [6.07, 6.45) is 1.000. The summed E-state index contributed by atoms with van der Waals surface area (Å²) < 4.78 is 0. The van der Waals surface area contributed by atoms with E-state index in [9.17, 15) is 0 Å². The smallest absolute Gasteiger partial charge is 0 e. The monoisotopic (exact) mass is 323 g/mol. The van der Waals surface area contributed by atoms with E-state index in [4.69, 9.17) is 0 Å². The molecule has 0 nitrogen and oxygen atoms in total. The van der Waals surface area contributed by atoms with Crippen LogP contribution in [0.1, 0.15) is 24.5 Å². The zero-order valence-electron chi connectivity index (χ0n) is 8.30. The first-order chi connectivity index (χ1) is 5.24. The molecule has 0 saturated carbocycles. The SMILES string of the molecule is C=C(CC)c1[c-]cc(C)cc1.[Y].[Y]. The molecule has 2 radical (unpaired) electrons. The van der Waals surface area contributed by atoms with Crippen molar-refractivity contribution >= 4 is 5.57 Å². The van der Waals surface area contributed by atoms with Gasteiger partial charge in [0.05, 0.1) is 0 Å². The first kappa shape index (κ1) is 16.6. The van der Waals surface area contributed by atoms with E-state index in [2.05, 4.69) is 38.6 Å². The summed E-state index contributed by atoms with van der Waals surface area (Å²) in [6, 6.07) is 9.34. The van der Waals surface area contributed by atoms with Crippen molar-refractivity contribution in [2.45, 2.75) is 20.3 Å². The predicted molar refractivity (Wildman–Crippen MR) is 49.3 cm³/mol. The number of aryl methyl sites for hydroxylation is 1. The minimum Gasteiger partial charge on any atom is -0.148 e. The van der Waals surface area contributed by atoms with Gasteiger partial charge in [0.15, 0.2) is 0 Å². The second-order valence-corrected chi connectivity index (χ2v) is 2.74. The number of rotatable bonds is 2. The number of allylic oxidation sites excluding steroid dienone is 1. The molecule has 0 aliphatic carbocycles. The van der Waals surface area contributed by atoms with Crippen LogP contribution in [0.15, 0.2) is 24.8 Å². The number of benzene rings is 1. The molecule has 0 fully saturated rings. The van der Waals surface area contributed by atoms with Crippen molar-refractivity contribution in [3.63, 3.8) is 0 Å². The zero-order chi connectivity index (χ0) is 8.27. The van der Waals surface area contributed by atoms with E-state index in [1.807, 2.05) is 6.07 Å². The van der Waals surface area contributed by atoms with E-state index in [1.54, 1.807) is 0 Å². The molecule has 0 aliphatic heterocycles. The maximum absolute atomic E-state index is 3.94. The van der Waals surface area contributed by atoms with Crippen LogP contribution in [0.3, 0.4) is 0 Å². The fourth-order valence-electron chi connectivity index (χ4n) is 0.913. The second kappa shape index (κ2) is 8.47. The molecule has 0 amide bonds. The third kappa shape index (κ3) is 5.57. The van der Waals surface area contributed by atoms with Crippen LogP contribution in [0.2, 0.25) is 0 Å². The molecule has 0 aliphatic rings. The van der Waals surface area contributed by atoms with E-state index in [0.717, 1.165) is 17.6 Å². The first-order valence-electron chi connectivity index (χ1n) is 3.90. The van der Waals surface area contributed by atoms with Gasteiger partial charge in [-0.05, 0) is 0 Å². The molecule has 1 rings (SSSR count). The van der Waals surface area contributed by atoms with Gasteiger partial charge in [0.1, 0.15) is 0 Å². The summed E-state index contributed by atoms with van der Waals surface area (Å²) in [4.78, 5) is 0. The van der Waals surface area contributed by atoms with Crippen LogP contribution in [0, 0.1) is 13.0 Å². The molecule has 0 bridgehead atoms. The van der Waals surface area contributed by atoms with Gasteiger partial charge in [-0.25, -0.2) is 0 Å². The van der Waals surface area contributed by atoms with E-state index >= 15 is 0 Å². The quantitative estimate of drug-likeness (QED) is 0.733. The average molecular weight is 323 g/mol. The van der Waals surface area contributed by atoms with Crippen LogP contribution in [0.25, 0.3) is 5.57 Å². The van der Waals surface area contributed by atoms with Gasteiger partial charge >= 0.3 is 0 Å². The molecule has 0 N–H and O–H groups in total. The third-order valence-electron chi connectivity index (χ3n) is 1.78. The van der Waals surface area contributed by atoms with E-state index < -0.39 is 0 Å². The van der Waals surface area contributed by atoms with Crippen LogP contribution < -0.4 is 0 Å². The fraction of sp³-hybridized carbons (Fsp3) is 0.273. The van der Waals surface area contributed by atoms with Gasteiger partial charge in [-0.1, -0.05) is 20.3 Å². The Hall–Kier alpha value is 1.17. The van der Waals surface area contributed by atoms with Gasteiger partial charge in [0, 0.05) is 65.4 Å². The van der Waals surface area contributed by atoms with Crippen LogP contribution in [-0.4, -0.2) is 0 Å². The van der Waals surface area contributed by atoms with Crippen molar-refractivity contribution in [3.05, 3.63) is 42.0 Å². The third-order valence-corrected chi connectivity index (χ3v) is 1.78. The summed E-state index contributed by atoms with van der Waals surface area (Å²) in [5.41, 5.74) is 3.54. The van der Waals surface area contributed by atoms with Crippen molar-refractivity contribution in [1.82, 2.24) is 0 Å². The van der Waals surface area contributed by atoms with Crippen molar-refractivity contribution in [2.75, 3.05) is 0 Å². The summed E-state index contributed by atoms with van der Waals surface area (Å²) in [5.74, 6) is 0. The molecule has 0 saturated heterocycles. The van der Waals surface area contributed by atoms with Crippen LogP contribution >= 0.6 is 0 Å². The second-order valence-electron chi connectivity index (χ2n) is 2.74. The Bertz CT molecular complexity index is 249. The van der Waals surface area contributed by atoms with Crippen LogP contribution in [-0.2, 0) is 65.4 Å². The Labute approximate surface area is 131 Å². The van der Waals surface area contributed by atoms with E-state index in [-0.39, 0.29) is 65.4 Å². The molecule has 2 heteroatoms. The predicted octanol–water partition coefficient (Wildman–Crippen LogP) is 3.21. The van der Waals surface area contributed by atoms with Crippen molar-refractivity contribution in [3.8, 4) is 0 Å². The van der Waals surface area contributed by atoms with E-state index in [0.29, 0.717) is 0 Å². The van der Waals surface area contributed by atoms with Crippen molar-refractivity contribution in [2.24, 2.45) is 0 Å². The van der Waals surface area contributed by atoms with Crippen LogP contribution in [0.4, 0.5) is 0 Å². The Balaban J connectivity index is 0. The molecular formula is C11H13Y2-. The zero-order valence-corrected chi connectivity index (χ0v) is 14.0. The molecule has 0 atom stereocenters. The minimum absolute atomic E-state index is 0. The molecule has 1 aromatic rings. The van der Waals surface area contributed by atoms with Crippen molar-refractivity contribution in [1.29, 1.82) is 0 Å². The topological polar surface area (TPSA) is 0 Å². The van der Waals surface area contributed by atoms with Gasteiger partial charge in [-0.3, -0.25) is 0 Å². The first-order valence-corrected chi connectivity index (χ1v) is 3.90. The summed E-state index contributed by atoms with van der Waals surface area (Å²) >= 11 is 0. The normalized spacial score (nSPS) is 8.15. The Morgan fingerprint density at radius 2 is 2.00 bits per heavy atom. The Morgan fingerprint density at radius 1 is 1.38 bits per heavy atom. The van der Waals surface area contributed by atoms with Gasteiger partial charge in [0.2, 0.25) is 0 Å². The molecule has 0 unspecified atom stereocenters. The molecule has 1 aromatic carbocycles. The number of hydrogen-bond acceptors (Lipinski definition) is 0. The van der Waals surface area contributed by atoms with Crippen LogP contribution in [0.5, 0.6) is 0 Å². The molecule has 0 aromatic heterocycles. The Kier molecular flexibility index (Phi) is 10.8. The van der Waals surface area contributed by atoms with Gasteiger partial charge in [-0.15, -0.1) is 47.5 Å². The molecular weight excluding hydrogens is 310 g/mol. The minimum atomic E-state index is 0. The number of hydrogen-bond donors (Lipinski definition) is 0. The summed E-state index contributed by atoms with van der Waals surface area (Å²) in [5, 5.41) is 0. The van der Waals surface area contributed by atoms with Gasteiger partial charge in [0.25, 0.3) is 0 Å². The largest absolute Gasteiger partial charge is 0.148 e. The van der Waals surface area contributed by atoms with Crippen molar-refractivity contribution < 1.29 is 65.4 Å². The molecule has 13 heavy (non-hydrogen) atoms. The fourth-order valence-corrected chi connectivity index (χ4v) is 0.913. The maximum atomic E-state index is 3.94. The molecule has 64 valence electrons. The molecule has 0 heterocycles. The standard InChI is InChI=1S/C11H13.2Y/c1-4-10(3)11-7-5-9(2)6-8-11;;/h5-7H,3-4H2,1-2H3;;/q-1;;. The Morgan fingerprint density at radius 3 is 2.38 bits per heavy atom. The molecule has 0 spiro atoms. The summed E-state index contributed by atoms with van der Waals surface area (Å²) in [6.45, 7) is 8.11. The van der Waals surface area contributed by atoms with Gasteiger partial charge in [-0.2, -0.15) is 0 Å².